The maximum atomic E-state index is 10.6. The summed E-state index contributed by atoms with van der Waals surface area (Å²) in [4.78, 5) is 4.80. The molecule has 3 nitrogen and oxygen atoms in total. The van der Waals surface area contributed by atoms with Gasteiger partial charge in [-0.1, -0.05) is 67.6 Å². The number of hydrogen-bond donors (Lipinski definition) is 1. The van der Waals surface area contributed by atoms with Gasteiger partial charge in [0.25, 0.3) is 0 Å². The predicted octanol–water partition coefficient (Wildman–Crippen LogP) is 5.42. The van der Waals surface area contributed by atoms with Gasteiger partial charge in [-0.25, -0.2) is 4.98 Å². The molecular weight excluding hydrogens is 320 g/mol. The van der Waals surface area contributed by atoms with Crippen LogP contribution in [0.2, 0.25) is 0 Å². The molecule has 1 unspecified atom stereocenters. The first-order valence-corrected chi connectivity index (χ1v) is 9.00. The Morgan fingerprint density at radius 1 is 0.885 bits per heavy atom. The molecule has 4 aromatic rings. The van der Waals surface area contributed by atoms with Gasteiger partial charge in [0.15, 0.2) is 0 Å². The third kappa shape index (κ3) is 2.91. The Hall–Kier alpha value is -2.91. The van der Waals surface area contributed by atoms with Crippen molar-refractivity contribution >= 4 is 5.65 Å². The van der Waals surface area contributed by atoms with Crippen LogP contribution in [0, 0.1) is 6.92 Å². The highest BCUT2D eigenvalue weighted by Crippen LogP contribution is 2.32. The van der Waals surface area contributed by atoms with Crippen LogP contribution >= 0.6 is 0 Å². The monoisotopic (exact) mass is 342 g/mol. The van der Waals surface area contributed by atoms with E-state index >= 15 is 0 Å². The second-order valence-electron chi connectivity index (χ2n) is 6.65. The Morgan fingerprint density at radius 2 is 1.54 bits per heavy atom. The minimum Gasteiger partial charge on any atom is -0.387 e. The summed E-state index contributed by atoms with van der Waals surface area (Å²) in [6.07, 6.45) is 2.14. The van der Waals surface area contributed by atoms with Crippen LogP contribution in [-0.4, -0.2) is 14.5 Å². The Bertz CT molecular complexity index is 1030. The van der Waals surface area contributed by atoms with Crippen molar-refractivity contribution in [3.8, 4) is 22.4 Å². The van der Waals surface area contributed by atoms with Crippen LogP contribution in [0.25, 0.3) is 28.0 Å². The van der Waals surface area contributed by atoms with Crippen LogP contribution in [0.4, 0.5) is 0 Å². The highest BCUT2D eigenvalue weighted by Gasteiger charge is 2.19. The molecule has 0 bridgehead atoms. The third-order valence-corrected chi connectivity index (χ3v) is 4.77. The highest BCUT2D eigenvalue weighted by molar-refractivity contribution is 5.72. The molecule has 0 aliphatic carbocycles. The predicted molar refractivity (Wildman–Crippen MR) is 106 cm³/mol. The molecule has 0 saturated carbocycles. The van der Waals surface area contributed by atoms with Gasteiger partial charge < -0.3 is 9.51 Å². The highest BCUT2D eigenvalue weighted by atomic mass is 16.3. The zero-order valence-electron chi connectivity index (χ0n) is 15.1. The summed E-state index contributed by atoms with van der Waals surface area (Å²) >= 11 is 0. The van der Waals surface area contributed by atoms with Gasteiger partial charge in [-0.05, 0) is 36.1 Å². The Kier molecular flexibility index (Phi) is 4.31. The van der Waals surface area contributed by atoms with E-state index in [0.717, 1.165) is 28.2 Å². The quantitative estimate of drug-likeness (QED) is 0.538. The Labute approximate surface area is 153 Å². The molecule has 0 aliphatic heterocycles. The number of aliphatic hydroxyl groups is 1. The lowest BCUT2D eigenvalue weighted by atomic mass is 10.0. The molecule has 1 atom stereocenters. The van der Waals surface area contributed by atoms with Gasteiger partial charge in [0.05, 0.1) is 17.5 Å². The summed E-state index contributed by atoms with van der Waals surface area (Å²) in [5.41, 5.74) is 7.10. The molecule has 0 aliphatic rings. The summed E-state index contributed by atoms with van der Waals surface area (Å²) in [5, 5.41) is 10.6. The molecule has 0 spiro atoms. The molecule has 3 heteroatoms. The van der Waals surface area contributed by atoms with Crippen molar-refractivity contribution in [2.75, 3.05) is 0 Å². The molecule has 4 rings (SSSR count). The van der Waals surface area contributed by atoms with Crippen molar-refractivity contribution in [1.82, 2.24) is 9.38 Å². The van der Waals surface area contributed by atoms with Crippen molar-refractivity contribution < 1.29 is 5.11 Å². The molecular formula is C23H22N2O. The van der Waals surface area contributed by atoms with Crippen molar-refractivity contribution in [2.45, 2.75) is 26.4 Å². The zero-order chi connectivity index (χ0) is 18.1. The second kappa shape index (κ2) is 6.77. The van der Waals surface area contributed by atoms with Gasteiger partial charge in [0.2, 0.25) is 0 Å². The van der Waals surface area contributed by atoms with E-state index in [0.29, 0.717) is 6.42 Å². The van der Waals surface area contributed by atoms with Crippen molar-refractivity contribution in [3.63, 3.8) is 0 Å². The summed E-state index contributed by atoms with van der Waals surface area (Å²) in [5.74, 6) is 0. The number of aryl methyl sites for hydroxylation is 1. The maximum absolute atomic E-state index is 10.6. The molecule has 0 fully saturated rings. The van der Waals surface area contributed by atoms with Gasteiger partial charge in [-0.2, -0.15) is 0 Å². The van der Waals surface area contributed by atoms with Gasteiger partial charge in [0.1, 0.15) is 5.65 Å². The number of rotatable bonds is 4. The number of nitrogens with zero attached hydrogens (tertiary/aromatic N) is 2. The summed E-state index contributed by atoms with van der Waals surface area (Å²) in [6.45, 7) is 4.04. The maximum Gasteiger partial charge on any atom is 0.137 e. The lowest BCUT2D eigenvalue weighted by Crippen LogP contribution is -2.02. The number of fused-ring (bicyclic) bond motifs is 1. The fourth-order valence-electron chi connectivity index (χ4n) is 3.34. The summed E-state index contributed by atoms with van der Waals surface area (Å²) < 4.78 is 2.02. The molecule has 0 saturated heterocycles. The molecule has 1 N–H and O–H groups in total. The SMILES string of the molecule is CCC(O)c1c(-c2ccc(-c3ccccc3)cc2)nc2ccc(C)cn12. The molecule has 26 heavy (non-hydrogen) atoms. The normalized spacial score (nSPS) is 12.4. The van der Waals surface area contributed by atoms with E-state index in [1.807, 2.05) is 47.9 Å². The summed E-state index contributed by atoms with van der Waals surface area (Å²) in [7, 11) is 0. The summed E-state index contributed by atoms with van der Waals surface area (Å²) in [6, 6.07) is 22.8. The number of imidazole rings is 1. The van der Waals surface area contributed by atoms with Crippen LogP contribution in [-0.2, 0) is 0 Å². The number of aliphatic hydroxyl groups excluding tert-OH is 1. The molecule has 0 amide bonds. The smallest absolute Gasteiger partial charge is 0.137 e. The fourth-order valence-corrected chi connectivity index (χ4v) is 3.34. The first-order valence-electron chi connectivity index (χ1n) is 9.00. The van der Waals surface area contributed by atoms with Gasteiger partial charge in [-0.3, -0.25) is 0 Å². The minimum atomic E-state index is -0.546. The van der Waals surface area contributed by atoms with Gasteiger partial charge in [0, 0.05) is 11.8 Å². The molecule has 2 aromatic heterocycles. The van der Waals surface area contributed by atoms with E-state index in [-0.39, 0.29) is 0 Å². The Balaban J connectivity index is 1.83. The van der Waals surface area contributed by atoms with Crippen molar-refractivity contribution in [3.05, 3.63) is 84.2 Å². The number of pyridine rings is 1. The number of hydrogen-bond acceptors (Lipinski definition) is 2. The van der Waals surface area contributed by atoms with E-state index in [1.54, 1.807) is 0 Å². The van der Waals surface area contributed by atoms with E-state index in [1.165, 1.54) is 11.1 Å². The lowest BCUT2D eigenvalue weighted by Gasteiger charge is -2.11. The Morgan fingerprint density at radius 3 is 2.23 bits per heavy atom. The largest absolute Gasteiger partial charge is 0.387 e. The fraction of sp³-hybridized carbons (Fsp3) is 0.174. The van der Waals surface area contributed by atoms with Crippen molar-refractivity contribution in [1.29, 1.82) is 0 Å². The average Bonchev–Trinajstić information content (AvgIpc) is 3.07. The molecule has 2 heterocycles. The van der Waals surface area contributed by atoms with Gasteiger partial charge in [-0.15, -0.1) is 0 Å². The van der Waals surface area contributed by atoms with Gasteiger partial charge >= 0.3 is 0 Å². The van der Waals surface area contributed by atoms with Crippen LogP contribution < -0.4 is 0 Å². The molecule has 0 radical (unpaired) electrons. The number of aromatic nitrogens is 2. The average molecular weight is 342 g/mol. The zero-order valence-corrected chi connectivity index (χ0v) is 15.1. The first kappa shape index (κ1) is 16.6. The van der Waals surface area contributed by atoms with Crippen LogP contribution in [0.3, 0.4) is 0 Å². The number of benzene rings is 2. The lowest BCUT2D eigenvalue weighted by molar-refractivity contribution is 0.168. The van der Waals surface area contributed by atoms with Crippen LogP contribution in [0.1, 0.15) is 30.7 Å². The topological polar surface area (TPSA) is 37.5 Å². The van der Waals surface area contributed by atoms with Crippen LogP contribution in [0.5, 0.6) is 0 Å². The van der Waals surface area contributed by atoms with E-state index in [4.69, 9.17) is 4.98 Å². The van der Waals surface area contributed by atoms with Crippen LogP contribution in [0.15, 0.2) is 72.9 Å². The molecule has 130 valence electrons. The second-order valence-corrected chi connectivity index (χ2v) is 6.65. The first-order chi connectivity index (χ1) is 12.7. The molecule has 2 aromatic carbocycles. The van der Waals surface area contributed by atoms with Crippen molar-refractivity contribution in [2.24, 2.45) is 0 Å². The van der Waals surface area contributed by atoms with E-state index in [2.05, 4.69) is 43.3 Å². The standard InChI is InChI=1S/C23H22N2O/c1-3-20(26)23-22(24-21-14-9-16(2)15-25(21)23)19-12-10-18(11-13-19)17-7-5-4-6-8-17/h4-15,20,26H,3H2,1-2H3. The third-order valence-electron chi connectivity index (χ3n) is 4.77. The van der Waals surface area contributed by atoms with E-state index < -0.39 is 6.10 Å². The minimum absolute atomic E-state index is 0.546. The van der Waals surface area contributed by atoms with E-state index in [9.17, 15) is 5.11 Å².